The number of ether oxygens (including phenoxy) is 1. The smallest absolute Gasteiger partial charge is 0.246 e. The molecule has 1 aliphatic heterocycles. The van der Waals surface area contributed by atoms with E-state index in [1.54, 1.807) is 11.3 Å². The van der Waals surface area contributed by atoms with Gasteiger partial charge in [-0.25, -0.2) is 8.42 Å². The molecule has 0 aliphatic carbocycles. The van der Waals surface area contributed by atoms with Crippen LogP contribution in [0.15, 0.2) is 21.9 Å². The van der Waals surface area contributed by atoms with E-state index in [0.29, 0.717) is 24.9 Å². The molecule has 1 atom stereocenters. The van der Waals surface area contributed by atoms with Crippen LogP contribution in [0.5, 0.6) is 0 Å². The van der Waals surface area contributed by atoms with Crippen LogP contribution in [0.1, 0.15) is 36.6 Å². The second-order valence-electron chi connectivity index (χ2n) is 6.03. The van der Waals surface area contributed by atoms with Gasteiger partial charge in [-0.1, -0.05) is 6.07 Å². The molecule has 0 saturated carbocycles. The average molecular weight is 357 g/mol. The van der Waals surface area contributed by atoms with Crippen molar-refractivity contribution in [1.29, 1.82) is 0 Å². The topological polar surface area (TPSA) is 85.5 Å². The van der Waals surface area contributed by atoms with Crippen molar-refractivity contribution >= 4 is 21.4 Å². The lowest BCUT2D eigenvalue weighted by Crippen LogP contribution is -2.41. The monoisotopic (exact) mass is 357 g/mol. The van der Waals surface area contributed by atoms with E-state index in [1.165, 1.54) is 10.6 Å². The molecular formula is C14H19N3O4S2. The van der Waals surface area contributed by atoms with Gasteiger partial charge in [0.05, 0.1) is 18.3 Å². The van der Waals surface area contributed by atoms with E-state index < -0.39 is 21.5 Å². The maximum atomic E-state index is 11.7. The number of morpholine rings is 1. The van der Waals surface area contributed by atoms with Gasteiger partial charge in [0, 0.05) is 18.0 Å². The molecule has 9 heteroatoms. The highest BCUT2D eigenvalue weighted by Crippen LogP contribution is 2.34. The summed E-state index contributed by atoms with van der Waals surface area (Å²) in [6.45, 7) is 4.88. The van der Waals surface area contributed by atoms with Gasteiger partial charge in [-0.05, 0) is 25.3 Å². The summed E-state index contributed by atoms with van der Waals surface area (Å²) in [7, 11) is -3.26. The number of rotatable bonds is 4. The van der Waals surface area contributed by atoms with Gasteiger partial charge >= 0.3 is 0 Å². The SMILES string of the molecule is CC(C)(c1nnc([C@H]2CN(S(C)(=O)=O)CCO2)o1)c1cccs1. The van der Waals surface area contributed by atoms with Crippen LogP contribution in [0.4, 0.5) is 0 Å². The molecule has 0 radical (unpaired) electrons. The molecule has 23 heavy (non-hydrogen) atoms. The summed E-state index contributed by atoms with van der Waals surface area (Å²) >= 11 is 1.63. The fraction of sp³-hybridized carbons (Fsp3) is 0.571. The van der Waals surface area contributed by atoms with Crippen LogP contribution in [-0.2, 0) is 20.2 Å². The Bertz CT molecular complexity index is 768. The molecule has 0 aromatic carbocycles. The molecule has 126 valence electrons. The first kappa shape index (κ1) is 16.6. The molecule has 1 fully saturated rings. The molecule has 0 N–H and O–H groups in total. The third kappa shape index (κ3) is 3.32. The lowest BCUT2D eigenvalue weighted by Gasteiger charge is -2.29. The summed E-state index contributed by atoms with van der Waals surface area (Å²) in [5, 5.41) is 10.2. The molecule has 7 nitrogen and oxygen atoms in total. The van der Waals surface area contributed by atoms with E-state index in [1.807, 2.05) is 31.4 Å². The van der Waals surface area contributed by atoms with Gasteiger partial charge < -0.3 is 9.15 Å². The first-order valence-electron chi connectivity index (χ1n) is 7.23. The Balaban J connectivity index is 1.82. The number of aromatic nitrogens is 2. The van der Waals surface area contributed by atoms with E-state index in [0.717, 1.165) is 4.88 Å². The molecule has 0 bridgehead atoms. The number of thiophene rings is 1. The van der Waals surface area contributed by atoms with Crippen molar-refractivity contribution in [2.45, 2.75) is 25.4 Å². The zero-order valence-corrected chi connectivity index (χ0v) is 14.9. The first-order chi connectivity index (χ1) is 10.8. The lowest BCUT2D eigenvalue weighted by atomic mass is 9.91. The van der Waals surface area contributed by atoms with Gasteiger partial charge in [-0.3, -0.25) is 0 Å². The van der Waals surface area contributed by atoms with Crippen LogP contribution >= 0.6 is 11.3 Å². The van der Waals surface area contributed by atoms with E-state index in [-0.39, 0.29) is 6.54 Å². The molecule has 3 rings (SSSR count). The fourth-order valence-electron chi connectivity index (χ4n) is 2.43. The molecule has 0 unspecified atom stereocenters. The van der Waals surface area contributed by atoms with Crippen LogP contribution < -0.4 is 0 Å². The minimum atomic E-state index is -3.26. The zero-order chi connectivity index (χ0) is 16.7. The Morgan fingerprint density at radius 3 is 2.83 bits per heavy atom. The predicted molar refractivity (Wildman–Crippen MR) is 85.9 cm³/mol. The van der Waals surface area contributed by atoms with Gasteiger partial charge in [0.2, 0.25) is 21.8 Å². The molecule has 0 amide bonds. The van der Waals surface area contributed by atoms with Gasteiger partial charge in [-0.15, -0.1) is 21.5 Å². The van der Waals surface area contributed by atoms with Gasteiger partial charge in [-0.2, -0.15) is 4.31 Å². The highest BCUT2D eigenvalue weighted by atomic mass is 32.2. The molecule has 2 aromatic heterocycles. The Hall–Kier alpha value is -1.29. The molecular weight excluding hydrogens is 338 g/mol. The van der Waals surface area contributed by atoms with Crippen molar-refractivity contribution in [2.75, 3.05) is 26.0 Å². The second kappa shape index (κ2) is 5.97. The van der Waals surface area contributed by atoms with Crippen LogP contribution in [0.25, 0.3) is 0 Å². The zero-order valence-electron chi connectivity index (χ0n) is 13.2. The lowest BCUT2D eigenvalue weighted by molar-refractivity contribution is -0.0179. The van der Waals surface area contributed by atoms with Crippen molar-refractivity contribution in [1.82, 2.24) is 14.5 Å². The normalized spacial score (nSPS) is 20.7. The Morgan fingerprint density at radius 2 is 2.17 bits per heavy atom. The van der Waals surface area contributed by atoms with Crippen LogP contribution in [0.3, 0.4) is 0 Å². The van der Waals surface area contributed by atoms with E-state index in [9.17, 15) is 8.42 Å². The largest absolute Gasteiger partial charge is 0.421 e. The summed E-state index contributed by atoms with van der Waals surface area (Å²) in [5.41, 5.74) is -0.398. The number of nitrogens with zero attached hydrogens (tertiary/aromatic N) is 3. The summed E-state index contributed by atoms with van der Waals surface area (Å²) < 4.78 is 36.2. The number of hydrogen-bond donors (Lipinski definition) is 0. The standard InChI is InChI=1S/C14H19N3O4S2/c1-14(2,11-5-4-8-22-11)13-16-15-12(21-13)10-9-17(6-7-20-10)23(3,18)19/h4-5,8,10H,6-7,9H2,1-3H3/t10-/m1/s1. The first-order valence-corrected chi connectivity index (χ1v) is 9.96. The Kier molecular flexibility index (Phi) is 4.30. The quantitative estimate of drug-likeness (QED) is 0.829. The third-order valence-corrected chi connectivity index (χ3v) is 6.35. The Morgan fingerprint density at radius 1 is 1.39 bits per heavy atom. The molecule has 2 aromatic rings. The average Bonchev–Trinajstić information content (AvgIpc) is 3.18. The predicted octanol–water partition coefficient (Wildman–Crippen LogP) is 1.79. The van der Waals surface area contributed by atoms with Crippen LogP contribution in [0.2, 0.25) is 0 Å². The molecule has 0 spiro atoms. The van der Waals surface area contributed by atoms with Gasteiger partial charge in [0.25, 0.3) is 0 Å². The van der Waals surface area contributed by atoms with Crippen molar-refractivity contribution < 1.29 is 17.6 Å². The van der Waals surface area contributed by atoms with Gasteiger partial charge in [0.15, 0.2) is 0 Å². The minimum absolute atomic E-state index is 0.194. The molecule has 1 saturated heterocycles. The maximum Gasteiger partial charge on any atom is 0.246 e. The highest BCUT2D eigenvalue weighted by Gasteiger charge is 2.34. The summed E-state index contributed by atoms with van der Waals surface area (Å²) in [4.78, 5) is 1.12. The van der Waals surface area contributed by atoms with Crippen molar-refractivity contribution in [3.63, 3.8) is 0 Å². The van der Waals surface area contributed by atoms with Crippen molar-refractivity contribution in [3.8, 4) is 0 Å². The van der Waals surface area contributed by atoms with E-state index in [2.05, 4.69) is 10.2 Å². The van der Waals surface area contributed by atoms with Gasteiger partial charge in [0.1, 0.15) is 6.10 Å². The molecule has 3 heterocycles. The number of sulfonamides is 1. The minimum Gasteiger partial charge on any atom is -0.421 e. The summed E-state index contributed by atoms with van der Waals surface area (Å²) in [6.07, 6.45) is 0.660. The second-order valence-corrected chi connectivity index (χ2v) is 8.96. The van der Waals surface area contributed by atoms with Crippen LogP contribution in [0, 0.1) is 0 Å². The summed E-state index contributed by atoms with van der Waals surface area (Å²) in [6, 6.07) is 4.00. The highest BCUT2D eigenvalue weighted by molar-refractivity contribution is 7.88. The Labute approximate surface area is 139 Å². The maximum absolute atomic E-state index is 11.7. The van der Waals surface area contributed by atoms with E-state index >= 15 is 0 Å². The van der Waals surface area contributed by atoms with Crippen LogP contribution in [-0.4, -0.2) is 48.9 Å². The number of hydrogen-bond acceptors (Lipinski definition) is 7. The third-order valence-electron chi connectivity index (χ3n) is 3.89. The van der Waals surface area contributed by atoms with Crippen molar-refractivity contribution in [3.05, 3.63) is 34.2 Å². The molecule has 1 aliphatic rings. The fourth-order valence-corrected chi connectivity index (χ4v) is 4.09. The van der Waals surface area contributed by atoms with E-state index in [4.69, 9.17) is 9.15 Å². The summed E-state index contributed by atoms with van der Waals surface area (Å²) in [5.74, 6) is 0.813. The van der Waals surface area contributed by atoms with Crippen molar-refractivity contribution in [2.24, 2.45) is 0 Å².